The quantitative estimate of drug-likeness (QED) is 0.605. The van der Waals surface area contributed by atoms with Crippen LogP contribution in [0.1, 0.15) is 40.6 Å². The highest BCUT2D eigenvalue weighted by molar-refractivity contribution is 5.94. The van der Waals surface area contributed by atoms with Gasteiger partial charge in [-0.15, -0.1) is 0 Å². The first-order valence-electron chi connectivity index (χ1n) is 8.89. The van der Waals surface area contributed by atoms with E-state index < -0.39 is 0 Å². The number of aromatic amines is 1. The van der Waals surface area contributed by atoms with E-state index in [0.717, 1.165) is 41.9 Å². The van der Waals surface area contributed by atoms with Crippen LogP contribution in [0, 0.1) is 6.92 Å². The molecule has 0 spiro atoms. The van der Waals surface area contributed by atoms with E-state index in [4.69, 9.17) is 4.98 Å². The van der Waals surface area contributed by atoms with Crippen LogP contribution in [-0.2, 0) is 0 Å². The van der Waals surface area contributed by atoms with Crippen molar-refractivity contribution in [2.45, 2.75) is 25.8 Å². The van der Waals surface area contributed by atoms with Gasteiger partial charge in [-0.05, 0) is 49.6 Å². The standard InChI is InChI=1S/C20H19N5O/c1-13-4-6-15-16(11-13)23-19(22-15)17-3-2-9-25(17)20(26)14-5-7-18-21-8-10-24(18)12-14/h4-8,10-12,17H,2-3,9H2,1H3,(H,22,23)/t17-/m1/s1. The number of aryl methyl sites for hydroxylation is 1. The average molecular weight is 345 g/mol. The van der Waals surface area contributed by atoms with Crippen molar-refractivity contribution in [2.75, 3.05) is 6.54 Å². The number of rotatable bonds is 2. The maximum atomic E-state index is 13.1. The molecule has 0 aliphatic carbocycles. The summed E-state index contributed by atoms with van der Waals surface area (Å²) in [5.41, 5.74) is 4.69. The molecule has 130 valence electrons. The summed E-state index contributed by atoms with van der Waals surface area (Å²) >= 11 is 0. The first-order valence-corrected chi connectivity index (χ1v) is 8.89. The van der Waals surface area contributed by atoms with Crippen molar-refractivity contribution in [2.24, 2.45) is 0 Å². The Balaban J connectivity index is 1.49. The zero-order valence-corrected chi connectivity index (χ0v) is 14.5. The molecular weight excluding hydrogens is 326 g/mol. The number of fused-ring (bicyclic) bond motifs is 2. The van der Waals surface area contributed by atoms with Gasteiger partial charge >= 0.3 is 0 Å². The van der Waals surface area contributed by atoms with Gasteiger partial charge < -0.3 is 14.3 Å². The van der Waals surface area contributed by atoms with Crippen molar-refractivity contribution in [3.05, 3.63) is 65.9 Å². The van der Waals surface area contributed by atoms with Gasteiger partial charge in [-0.3, -0.25) is 4.79 Å². The SMILES string of the molecule is Cc1ccc2nc([C@H]3CCCN3C(=O)c3ccc4nccn4c3)[nH]c2c1. The van der Waals surface area contributed by atoms with Gasteiger partial charge in [0.2, 0.25) is 0 Å². The van der Waals surface area contributed by atoms with E-state index in [9.17, 15) is 4.79 Å². The molecule has 1 aliphatic heterocycles. The highest BCUT2D eigenvalue weighted by Gasteiger charge is 2.32. The van der Waals surface area contributed by atoms with Gasteiger partial charge in [0.25, 0.3) is 5.91 Å². The van der Waals surface area contributed by atoms with Crippen molar-refractivity contribution >= 4 is 22.6 Å². The van der Waals surface area contributed by atoms with Gasteiger partial charge in [-0.25, -0.2) is 9.97 Å². The molecule has 0 radical (unpaired) electrons. The monoisotopic (exact) mass is 345 g/mol. The van der Waals surface area contributed by atoms with E-state index in [0.29, 0.717) is 5.56 Å². The number of H-pyrrole nitrogens is 1. The molecule has 1 aromatic carbocycles. The highest BCUT2D eigenvalue weighted by Crippen LogP contribution is 2.32. The summed E-state index contributed by atoms with van der Waals surface area (Å²) in [5, 5.41) is 0. The average Bonchev–Trinajstić information content (AvgIpc) is 3.37. The van der Waals surface area contributed by atoms with Gasteiger partial charge in [0, 0.05) is 25.1 Å². The van der Waals surface area contributed by atoms with Crippen LogP contribution in [-0.4, -0.2) is 36.7 Å². The molecule has 5 rings (SSSR count). The number of nitrogens with zero attached hydrogens (tertiary/aromatic N) is 4. The van der Waals surface area contributed by atoms with Gasteiger partial charge in [0.05, 0.1) is 22.6 Å². The normalized spacial score (nSPS) is 17.4. The molecule has 1 fully saturated rings. The number of pyridine rings is 1. The van der Waals surface area contributed by atoms with Gasteiger partial charge in [0.15, 0.2) is 0 Å². The third-order valence-corrected chi connectivity index (χ3v) is 5.12. The van der Waals surface area contributed by atoms with Crippen molar-refractivity contribution < 1.29 is 4.79 Å². The Hall–Kier alpha value is -3.15. The predicted octanol–water partition coefficient (Wildman–Crippen LogP) is 3.50. The van der Waals surface area contributed by atoms with Crippen LogP contribution in [0.4, 0.5) is 0 Å². The van der Waals surface area contributed by atoms with Crippen LogP contribution in [0.5, 0.6) is 0 Å². The smallest absolute Gasteiger partial charge is 0.255 e. The summed E-state index contributed by atoms with van der Waals surface area (Å²) in [7, 11) is 0. The lowest BCUT2D eigenvalue weighted by molar-refractivity contribution is 0.0730. The van der Waals surface area contributed by atoms with Crippen molar-refractivity contribution in [3.8, 4) is 0 Å². The van der Waals surface area contributed by atoms with E-state index in [2.05, 4.69) is 29.0 Å². The second-order valence-corrected chi connectivity index (χ2v) is 6.91. The van der Waals surface area contributed by atoms with Gasteiger partial charge in [-0.2, -0.15) is 0 Å². The van der Waals surface area contributed by atoms with Crippen LogP contribution >= 0.6 is 0 Å². The Morgan fingerprint density at radius 3 is 3.12 bits per heavy atom. The van der Waals surface area contributed by atoms with E-state index in [1.807, 2.05) is 39.9 Å². The molecular formula is C20H19N5O. The summed E-state index contributed by atoms with van der Waals surface area (Å²) < 4.78 is 1.88. The second-order valence-electron chi connectivity index (χ2n) is 6.91. The van der Waals surface area contributed by atoms with E-state index in [-0.39, 0.29) is 11.9 Å². The molecule has 1 aliphatic rings. The number of carbonyl (C=O) groups is 1. The molecule has 6 heteroatoms. The van der Waals surface area contributed by atoms with Crippen LogP contribution in [0.3, 0.4) is 0 Å². The summed E-state index contributed by atoms with van der Waals surface area (Å²) in [6.45, 7) is 2.82. The zero-order chi connectivity index (χ0) is 17.7. The van der Waals surface area contributed by atoms with Crippen molar-refractivity contribution in [3.63, 3.8) is 0 Å². The minimum Gasteiger partial charge on any atom is -0.340 e. The Kier molecular flexibility index (Phi) is 3.31. The van der Waals surface area contributed by atoms with Crippen LogP contribution in [0.2, 0.25) is 0 Å². The second kappa shape index (κ2) is 5.69. The molecule has 1 amide bonds. The van der Waals surface area contributed by atoms with Crippen LogP contribution in [0.25, 0.3) is 16.7 Å². The van der Waals surface area contributed by atoms with Gasteiger partial charge in [0.1, 0.15) is 11.5 Å². The fourth-order valence-electron chi connectivity index (χ4n) is 3.81. The predicted molar refractivity (Wildman–Crippen MR) is 99.0 cm³/mol. The first kappa shape index (κ1) is 15.1. The van der Waals surface area contributed by atoms with E-state index >= 15 is 0 Å². The van der Waals surface area contributed by atoms with E-state index in [1.54, 1.807) is 6.20 Å². The highest BCUT2D eigenvalue weighted by atomic mass is 16.2. The fourth-order valence-corrected chi connectivity index (χ4v) is 3.81. The maximum Gasteiger partial charge on any atom is 0.255 e. The number of aromatic nitrogens is 4. The molecule has 26 heavy (non-hydrogen) atoms. The molecule has 0 bridgehead atoms. The maximum absolute atomic E-state index is 13.1. The number of carbonyl (C=O) groups excluding carboxylic acids is 1. The van der Waals surface area contributed by atoms with Crippen LogP contribution in [0.15, 0.2) is 48.9 Å². The minimum absolute atomic E-state index is 0.00584. The number of imidazole rings is 2. The number of benzene rings is 1. The van der Waals surface area contributed by atoms with Crippen LogP contribution < -0.4 is 0 Å². The fraction of sp³-hybridized carbons (Fsp3) is 0.250. The lowest BCUT2D eigenvalue weighted by Gasteiger charge is -2.23. The Labute approximate surface area is 150 Å². The van der Waals surface area contributed by atoms with Gasteiger partial charge in [-0.1, -0.05) is 6.07 Å². The minimum atomic E-state index is -0.00584. The molecule has 0 unspecified atom stereocenters. The lowest BCUT2D eigenvalue weighted by Crippen LogP contribution is -2.31. The Morgan fingerprint density at radius 2 is 2.19 bits per heavy atom. The summed E-state index contributed by atoms with van der Waals surface area (Å²) in [6, 6.07) is 9.90. The third-order valence-electron chi connectivity index (χ3n) is 5.12. The number of nitrogens with one attached hydrogen (secondary N) is 1. The topological polar surface area (TPSA) is 66.3 Å². The van der Waals surface area contributed by atoms with Crippen molar-refractivity contribution in [1.82, 2.24) is 24.3 Å². The first-order chi connectivity index (χ1) is 12.7. The summed E-state index contributed by atoms with van der Waals surface area (Å²) in [5.74, 6) is 0.917. The third kappa shape index (κ3) is 2.37. The number of likely N-dealkylation sites (tertiary alicyclic amines) is 1. The molecule has 1 N–H and O–H groups in total. The number of hydrogen-bond acceptors (Lipinski definition) is 3. The largest absolute Gasteiger partial charge is 0.340 e. The lowest BCUT2D eigenvalue weighted by atomic mass is 10.2. The Morgan fingerprint density at radius 1 is 1.27 bits per heavy atom. The summed E-state index contributed by atoms with van der Waals surface area (Å²) in [4.78, 5) is 27.4. The number of amides is 1. The van der Waals surface area contributed by atoms with E-state index in [1.165, 1.54) is 5.56 Å². The zero-order valence-electron chi connectivity index (χ0n) is 14.5. The van der Waals surface area contributed by atoms with Crippen molar-refractivity contribution in [1.29, 1.82) is 0 Å². The molecule has 4 heterocycles. The molecule has 0 saturated carbocycles. The molecule has 1 atom stereocenters. The summed E-state index contributed by atoms with van der Waals surface area (Å²) in [6.07, 6.45) is 7.35. The number of hydrogen-bond donors (Lipinski definition) is 1. The molecule has 6 nitrogen and oxygen atoms in total. The molecule has 4 aromatic rings. The molecule has 1 saturated heterocycles. The Bertz CT molecular complexity index is 1130. The molecule has 3 aromatic heterocycles.